The summed E-state index contributed by atoms with van der Waals surface area (Å²) >= 11 is 0. The van der Waals surface area contributed by atoms with Gasteiger partial charge in [0.2, 0.25) is 5.89 Å². The number of fused-ring (bicyclic) bond motifs is 2. The lowest BCUT2D eigenvalue weighted by molar-refractivity contribution is -0.130. The molecule has 0 saturated carbocycles. The quantitative estimate of drug-likeness (QED) is 0.811. The number of ether oxygens (including phenoxy) is 2. The maximum absolute atomic E-state index is 12.5. The summed E-state index contributed by atoms with van der Waals surface area (Å²) in [7, 11) is 1.65. The van der Waals surface area contributed by atoms with E-state index < -0.39 is 24.1 Å². The van der Waals surface area contributed by atoms with E-state index in [9.17, 15) is 13.2 Å². The molecule has 0 N–H and O–H groups in total. The molecule has 2 aliphatic rings. The molecule has 0 amide bonds. The van der Waals surface area contributed by atoms with Crippen LogP contribution in [0.5, 0.6) is 5.75 Å². The Labute approximate surface area is 154 Å². The Kier molecular flexibility index (Phi) is 4.49. The monoisotopic (exact) mass is 383 g/mol. The minimum atomic E-state index is -4.37. The molecule has 0 unspecified atom stereocenters. The SMILES string of the molecule is COc1cccc2c1C1(CCN(c3nnc(CC(F)(F)F)o3)CC1)OCC2. The summed E-state index contributed by atoms with van der Waals surface area (Å²) in [5.41, 5.74) is 1.85. The Balaban J connectivity index is 1.52. The Morgan fingerprint density at radius 2 is 2.00 bits per heavy atom. The van der Waals surface area contributed by atoms with E-state index in [0.29, 0.717) is 32.5 Å². The van der Waals surface area contributed by atoms with Crippen LogP contribution in [0.15, 0.2) is 22.6 Å². The number of benzene rings is 1. The zero-order valence-electron chi connectivity index (χ0n) is 14.9. The fourth-order valence-electron chi connectivity index (χ4n) is 3.97. The van der Waals surface area contributed by atoms with Crippen molar-refractivity contribution in [1.82, 2.24) is 10.2 Å². The molecular weight excluding hydrogens is 363 g/mol. The Morgan fingerprint density at radius 1 is 1.22 bits per heavy atom. The van der Waals surface area contributed by atoms with Gasteiger partial charge in [0.1, 0.15) is 17.8 Å². The van der Waals surface area contributed by atoms with Crippen LogP contribution in [-0.4, -0.2) is 43.2 Å². The Hall–Kier alpha value is -2.29. The van der Waals surface area contributed by atoms with Crippen LogP contribution in [0.4, 0.5) is 19.2 Å². The topological polar surface area (TPSA) is 60.6 Å². The van der Waals surface area contributed by atoms with Gasteiger partial charge in [0.05, 0.1) is 13.7 Å². The number of aromatic nitrogens is 2. The van der Waals surface area contributed by atoms with Gasteiger partial charge in [-0.15, -0.1) is 5.10 Å². The minimum Gasteiger partial charge on any atom is -0.496 e. The normalized spacial score (nSPS) is 19.2. The van der Waals surface area contributed by atoms with Crippen molar-refractivity contribution in [2.24, 2.45) is 0 Å². The van der Waals surface area contributed by atoms with Gasteiger partial charge >= 0.3 is 12.2 Å². The highest BCUT2D eigenvalue weighted by atomic mass is 19.4. The first-order valence-corrected chi connectivity index (χ1v) is 8.85. The van der Waals surface area contributed by atoms with Crippen LogP contribution < -0.4 is 9.64 Å². The van der Waals surface area contributed by atoms with Gasteiger partial charge in [-0.2, -0.15) is 13.2 Å². The molecule has 4 rings (SSSR count). The van der Waals surface area contributed by atoms with Crippen molar-refractivity contribution in [2.45, 2.75) is 37.5 Å². The number of hydrogen-bond acceptors (Lipinski definition) is 6. The van der Waals surface area contributed by atoms with Crippen LogP contribution in [0.3, 0.4) is 0 Å². The van der Waals surface area contributed by atoms with Crippen molar-refractivity contribution in [2.75, 3.05) is 31.7 Å². The van der Waals surface area contributed by atoms with Crippen LogP contribution in [0.2, 0.25) is 0 Å². The predicted molar refractivity (Wildman–Crippen MR) is 89.8 cm³/mol. The first-order chi connectivity index (χ1) is 12.9. The number of anilines is 1. The van der Waals surface area contributed by atoms with Crippen molar-refractivity contribution in [1.29, 1.82) is 0 Å². The number of hydrogen-bond donors (Lipinski definition) is 0. The maximum Gasteiger partial charge on any atom is 0.397 e. The first-order valence-electron chi connectivity index (χ1n) is 8.85. The molecule has 3 heterocycles. The summed E-state index contributed by atoms with van der Waals surface area (Å²) in [6, 6.07) is 6.13. The predicted octanol–water partition coefficient (Wildman–Crippen LogP) is 3.25. The van der Waals surface area contributed by atoms with Crippen LogP contribution in [0, 0.1) is 0 Å². The lowest BCUT2D eigenvalue weighted by Crippen LogP contribution is -2.47. The van der Waals surface area contributed by atoms with E-state index in [2.05, 4.69) is 16.3 Å². The molecule has 1 spiro atoms. The first kappa shape index (κ1) is 18.1. The van der Waals surface area contributed by atoms with Crippen molar-refractivity contribution in [3.63, 3.8) is 0 Å². The van der Waals surface area contributed by atoms with Crippen molar-refractivity contribution in [3.8, 4) is 5.75 Å². The summed E-state index contributed by atoms with van der Waals surface area (Å²) < 4.78 is 54.4. The van der Waals surface area contributed by atoms with E-state index in [0.717, 1.165) is 17.7 Å². The van der Waals surface area contributed by atoms with Gasteiger partial charge in [0.25, 0.3) is 0 Å². The third-order valence-corrected chi connectivity index (χ3v) is 5.19. The van der Waals surface area contributed by atoms with Gasteiger partial charge in [-0.25, -0.2) is 0 Å². The molecule has 1 aromatic heterocycles. The Bertz CT molecular complexity index is 799. The van der Waals surface area contributed by atoms with Gasteiger partial charge < -0.3 is 18.8 Å². The molecule has 1 aromatic carbocycles. The highest BCUT2D eigenvalue weighted by Gasteiger charge is 2.43. The molecule has 27 heavy (non-hydrogen) atoms. The van der Waals surface area contributed by atoms with Crippen molar-refractivity contribution < 1.29 is 27.1 Å². The third kappa shape index (κ3) is 3.47. The second kappa shape index (κ2) is 6.70. The molecule has 0 bridgehead atoms. The van der Waals surface area contributed by atoms with E-state index in [4.69, 9.17) is 13.9 Å². The molecule has 9 heteroatoms. The largest absolute Gasteiger partial charge is 0.496 e. The molecule has 1 saturated heterocycles. The van der Waals surface area contributed by atoms with E-state index in [1.807, 2.05) is 17.0 Å². The maximum atomic E-state index is 12.5. The molecule has 0 aliphatic carbocycles. The summed E-state index contributed by atoms with van der Waals surface area (Å²) in [5, 5.41) is 7.29. The lowest BCUT2D eigenvalue weighted by atomic mass is 9.79. The van der Waals surface area contributed by atoms with Crippen LogP contribution in [0.25, 0.3) is 0 Å². The number of halogens is 3. The van der Waals surface area contributed by atoms with Gasteiger partial charge in [-0.1, -0.05) is 17.2 Å². The zero-order valence-corrected chi connectivity index (χ0v) is 14.9. The summed E-state index contributed by atoms with van der Waals surface area (Å²) in [4.78, 5) is 1.81. The van der Waals surface area contributed by atoms with E-state index >= 15 is 0 Å². The average molecular weight is 383 g/mol. The molecule has 146 valence electrons. The number of methoxy groups -OCH3 is 1. The highest BCUT2D eigenvalue weighted by molar-refractivity contribution is 5.47. The van der Waals surface area contributed by atoms with Gasteiger partial charge in [0, 0.05) is 18.7 Å². The molecule has 2 aromatic rings. The van der Waals surface area contributed by atoms with Crippen LogP contribution >= 0.6 is 0 Å². The summed E-state index contributed by atoms with van der Waals surface area (Å²) in [6.07, 6.45) is -3.42. The van der Waals surface area contributed by atoms with Crippen LogP contribution in [-0.2, 0) is 23.2 Å². The molecule has 0 atom stereocenters. The number of rotatable bonds is 3. The molecule has 2 aliphatic heterocycles. The molecule has 1 fully saturated rings. The summed E-state index contributed by atoms with van der Waals surface area (Å²) in [6.45, 7) is 1.73. The number of alkyl halides is 3. The third-order valence-electron chi connectivity index (χ3n) is 5.19. The second-order valence-corrected chi connectivity index (χ2v) is 6.84. The molecule has 6 nitrogen and oxygen atoms in total. The molecule has 0 radical (unpaired) electrons. The van der Waals surface area contributed by atoms with Crippen molar-refractivity contribution in [3.05, 3.63) is 35.2 Å². The number of piperidine rings is 1. The van der Waals surface area contributed by atoms with E-state index in [1.54, 1.807) is 7.11 Å². The standard InChI is InChI=1S/C18H20F3N3O3/c1-25-13-4-2-3-12-5-10-26-17(15(12)13)6-8-24(9-7-17)16-23-22-14(27-16)11-18(19,20)21/h2-4H,5-11H2,1H3. The van der Waals surface area contributed by atoms with Gasteiger partial charge in [0.15, 0.2) is 0 Å². The van der Waals surface area contributed by atoms with E-state index in [-0.39, 0.29) is 6.01 Å². The number of nitrogens with zero attached hydrogens (tertiary/aromatic N) is 3. The van der Waals surface area contributed by atoms with Gasteiger partial charge in [-0.05, 0) is 30.9 Å². The summed E-state index contributed by atoms with van der Waals surface area (Å²) in [5.74, 6) is 0.393. The zero-order chi connectivity index (χ0) is 19.1. The van der Waals surface area contributed by atoms with Gasteiger partial charge in [-0.3, -0.25) is 0 Å². The van der Waals surface area contributed by atoms with E-state index in [1.165, 1.54) is 5.56 Å². The fraction of sp³-hybridized carbons (Fsp3) is 0.556. The fourth-order valence-corrected chi connectivity index (χ4v) is 3.97. The minimum absolute atomic E-state index is 0.125. The Morgan fingerprint density at radius 3 is 2.70 bits per heavy atom. The van der Waals surface area contributed by atoms with Crippen LogP contribution in [0.1, 0.15) is 29.9 Å². The second-order valence-electron chi connectivity index (χ2n) is 6.84. The average Bonchev–Trinajstić information content (AvgIpc) is 3.08. The smallest absolute Gasteiger partial charge is 0.397 e. The van der Waals surface area contributed by atoms with Crippen molar-refractivity contribution >= 4 is 6.01 Å². The molecular formula is C18H20F3N3O3. The highest BCUT2D eigenvalue weighted by Crippen LogP contribution is 2.46. The lowest BCUT2D eigenvalue weighted by Gasteiger charge is -2.45.